The van der Waals surface area contributed by atoms with Crippen molar-refractivity contribution < 1.29 is 24.1 Å². The molecule has 1 heterocycles. The van der Waals surface area contributed by atoms with Gasteiger partial charge < -0.3 is 19.3 Å². The second-order valence-corrected chi connectivity index (χ2v) is 6.87. The van der Waals surface area contributed by atoms with Gasteiger partial charge in [-0.05, 0) is 49.2 Å². The summed E-state index contributed by atoms with van der Waals surface area (Å²) in [7, 11) is 4.86. The normalized spacial score (nSPS) is 18.3. The zero-order chi connectivity index (χ0) is 20.1. The van der Waals surface area contributed by atoms with Crippen molar-refractivity contribution in [3.8, 4) is 17.2 Å². The van der Waals surface area contributed by atoms with E-state index in [4.69, 9.17) is 14.2 Å². The van der Waals surface area contributed by atoms with Gasteiger partial charge in [-0.3, -0.25) is 9.69 Å². The SMILES string of the molecule is COc1cccc(C(c2ccc(OC)cc2OC)N2CCCCC2C(=O)O)c1. The Kier molecular flexibility index (Phi) is 6.41. The van der Waals surface area contributed by atoms with Crippen LogP contribution in [0.2, 0.25) is 0 Å². The van der Waals surface area contributed by atoms with Crippen LogP contribution in [0.4, 0.5) is 0 Å². The third kappa shape index (κ3) is 4.07. The molecule has 0 amide bonds. The highest BCUT2D eigenvalue weighted by Gasteiger charge is 2.36. The van der Waals surface area contributed by atoms with Gasteiger partial charge in [0.05, 0.1) is 27.4 Å². The number of benzene rings is 2. The molecule has 0 aromatic heterocycles. The molecule has 2 unspecified atom stereocenters. The summed E-state index contributed by atoms with van der Waals surface area (Å²) in [6, 6.07) is 12.6. The molecule has 1 aliphatic heterocycles. The van der Waals surface area contributed by atoms with Crippen molar-refractivity contribution in [3.05, 3.63) is 53.6 Å². The molecule has 0 aliphatic carbocycles. The Labute approximate surface area is 165 Å². The first-order valence-electron chi connectivity index (χ1n) is 9.43. The largest absolute Gasteiger partial charge is 0.497 e. The number of rotatable bonds is 7. The summed E-state index contributed by atoms with van der Waals surface area (Å²) in [6.07, 6.45) is 2.51. The maximum absolute atomic E-state index is 12.0. The third-order valence-corrected chi connectivity index (χ3v) is 5.31. The number of nitrogens with zero attached hydrogens (tertiary/aromatic N) is 1. The van der Waals surface area contributed by atoms with Crippen molar-refractivity contribution in [2.75, 3.05) is 27.9 Å². The number of aliphatic carboxylic acids is 1. The van der Waals surface area contributed by atoms with E-state index in [2.05, 4.69) is 4.90 Å². The molecule has 1 fully saturated rings. The molecular formula is C22H27NO5. The van der Waals surface area contributed by atoms with Crippen LogP contribution in [0.1, 0.15) is 36.4 Å². The van der Waals surface area contributed by atoms with Gasteiger partial charge in [-0.2, -0.15) is 0 Å². The minimum absolute atomic E-state index is 0.266. The number of methoxy groups -OCH3 is 3. The average Bonchev–Trinajstić information content (AvgIpc) is 2.74. The Morgan fingerprint density at radius 3 is 2.46 bits per heavy atom. The van der Waals surface area contributed by atoms with Gasteiger partial charge in [-0.15, -0.1) is 0 Å². The summed E-state index contributed by atoms with van der Waals surface area (Å²) in [6.45, 7) is 0.702. The summed E-state index contributed by atoms with van der Waals surface area (Å²) < 4.78 is 16.4. The van der Waals surface area contributed by atoms with Gasteiger partial charge in [0.25, 0.3) is 0 Å². The van der Waals surface area contributed by atoms with Crippen LogP contribution in [-0.4, -0.2) is 49.9 Å². The molecule has 150 valence electrons. The fourth-order valence-electron chi connectivity index (χ4n) is 3.93. The summed E-state index contributed by atoms with van der Waals surface area (Å²) in [4.78, 5) is 14.1. The Morgan fingerprint density at radius 1 is 1.04 bits per heavy atom. The monoisotopic (exact) mass is 385 g/mol. The number of likely N-dealkylation sites (tertiary alicyclic amines) is 1. The van der Waals surface area contributed by atoms with Crippen molar-refractivity contribution >= 4 is 5.97 Å². The van der Waals surface area contributed by atoms with E-state index in [0.717, 1.165) is 29.7 Å². The highest BCUT2D eigenvalue weighted by molar-refractivity contribution is 5.74. The summed E-state index contributed by atoms with van der Waals surface area (Å²) in [5.41, 5.74) is 1.88. The van der Waals surface area contributed by atoms with Crippen LogP contribution in [0.3, 0.4) is 0 Å². The minimum atomic E-state index is -0.792. The molecule has 1 aliphatic rings. The van der Waals surface area contributed by atoms with Crippen molar-refractivity contribution in [3.63, 3.8) is 0 Å². The van der Waals surface area contributed by atoms with Crippen molar-refractivity contribution in [2.24, 2.45) is 0 Å². The number of hydrogen-bond acceptors (Lipinski definition) is 5. The van der Waals surface area contributed by atoms with E-state index in [-0.39, 0.29) is 6.04 Å². The van der Waals surface area contributed by atoms with E-state index in [9.17, 15) is 9.90 Å². The van der Waals surface area contributed by atoms with Crippen molar-refractivity contribution in [1.82, 2.24) is 4.90 Å². The number of hydrogen-bond donors (Lipinski definition) is 1. The summed E-state index contributed by atoms with van der Waals surface area (Å²) >= 11 is 0. The molecule has 1 N–H and O–H groups in total. The lowest BCUT2D eigenvalue weighted by Gasteiger charge is -2.40. The van der Waals surface area contributed by atoms with E-state index in [1.54, 1.807) is 21.3 Å². The van der Waals surface area contributed by atoms with Gasteiger partial charge in [-0.1, -0.05) is 18.6 Å². The molecule has 1 saturated heterocycles. The van der Waals surface area contributed by atoms with E-state index < -0.39 is 12.0 Å². The van der Waals surface area contributed by atoms with Crippen LogP contribution < -0.4 is 14.2 Å². The standard InChI is InChI=1S/C22H27NO5/c1-26-16-8-6-7-15(13-16)21(23-12-5-4-9-19(23)22(24)25)18-11-10-17(27-2)14-20(18)28-3/h6-8,10-11,13-14,19,21H,4-5,9,12H2,1-3H3,(H,24,25). The van der Waals surface area contributed by atoms with E-state index in [0.29, 0.717) is 24.5 Å². The molecule has 0 radical (unpaired) electrons. The average molecular weight is 385 g/mol. The van der Waals surface area contributed by atoms with Gasteiger partial charge in [0, 0.05) is 11.6 Å². The number of carbonyl (C=O) groups is 1. The predicted octanol–water partition coefficient (Wildman–Crippen LogP) is 3.74. The fraction of sp³-hybridized carbons (Fsp3) is 0.409. The lowest BCUT2D eigenvalue weighted by atomic mass is 9.91. The summed E-state index contributed by atoms with van der Waals surface area (Å²) in [5.74, 6) is 1.30. The highest BCUT2D eigenvalue weighted by Crippen LogP contribution is 2.40. The Morgan fingerprint density at radius 2 is 1.79 bits per heavy atom. The molecule has 28 heavy (non-hydrogen) atoms. The van der Waals surface area contributed by atoms with Gasteiger partial charge in [0.1, 0.15) is 23.3 Å². The van der Waals surface area contributed by atoms with E-state index in [1.165, 1.54) is 0 Å². The quantitative estimate of drug-likeness (QED) is 0.783. The number of carboxylic acids is 1. The van der Waals surface area contributed by atoms with E-state index >= 15 is 0 Å². The molecule has 2 atom stereocenters. The Balaban J connectivity index is 2.15. The second kappa shape index (κ2) is 8.97. The number of ether oxygens (including phenoxy) is 3. The molecule has 2 aromatic carbocycles. The van der Waals surface area contributed by atoms with Crippen LogP contribution in [0.25, 0.3) is 0 Å². The van der Waals surface area contributed by atoms with Crippen LogP contribution in [0.5, 0.6) is 17.2 Å². The summed E-state index contributed by atoms with van der Waals surface area (Å²) in [5, 5.41) is 9.84. The van der Waals surface area contributed by atoms with Gasteiger partial charge in [0.15, 0.2) is 0 Å². The lowest BCUT2D eigenvalue weighted by molar-refractivity contribution is -0.145. The van der Waals surface area contributed by atoms with Crippen LogP contribution >= 0.6 is 0 Å². The third-order valence-electron chi connectivity index (χ3n) is 5.31. The molecule has 0 spiro atoms. The van der Waals surface area contributed by atoms with Crippen LogP contribution in [0, 0.1) is 0 Å². The first-order chi connectivity index (χ1) is 13.6. The first-order valence-corrected chi connectivity index (χ1v) is 9.43. The number of piperidine rings is 1. The maximum atomic E-state index is 12.0. The molecule has 2 aromatic rings. The van der Waals surface area contributed by atoms with Crippen molar-refractivity contribution in [2.45, 2.75) is 31.3 Å². The smallest absolute Gasteiger partial charge is 0.320 e. The molecule has 3 rings (SSSR count). The Bertz CT molecular complexity index is 822. The number of carboxylic acid groups (broad SMARTS) is 1. The van der Waals surface area contributed by atoms with Crippen molar-refractivity contribution in [1.29, 1.82) is 0 Å². The molecule has 6 nitrogen and oxygen atoms in total. The second-order valence-electron chi connectivity index (χ2n) is 6.87. The van der Waals surface area contributed by atoms with Gasteiger partial charge in [0.2, 0.25) is 0 Å². The zero-order valence-corrected chi connectivity index (χ0v) is 16.6. The highest BCUT2D eigenvalue weighted by atomic mass is 16.5. The predicted molar refractivity (Wildman–Crippen MR) is 106 cm³/mol. The van der Waals surface area contributed by atoms with E-state index in [1.807, 2.05) is 42.5 Å². The first kappa shape index (κ1) is 20.0. The lowest BCUT2D eigenvalue weighted by Crippen LogP contribution is -2.46. The maximum Gasteiger partial charge on any atom is 0.320 e. The molecular weight excluding hydrogens is 358 g/mol. The van der Waals surface area contributed by atoms with Crippen LogP contribution in [0.15, 0.2) is 42.5 Å². The molecule has 0 bridgehead atoms. The topological polar surface area (TPSA) is 68.2 Å². The zero-order valence-electron chi connectivity index (χ0n) is 16.6. The minimum Gasteiger partial charge on any atom is -0.497 e. The molecule has 0 saturated carbocycles. The van der Waals surface area contributed by atoms with Gasteiger partial charge >= 0.3 is 5.97 Å². The molecule has 6 heteroatoms. The van der Waals surface area contributed by atoms with Crippen LogP contribution in [-0.2, 0) is 4.79 Å². The fourth-order valence-corrected chi connectivity index (χ4v) is 3.93. The Hall–Kier alpha value is -2.73. The van der Waals surface area contributed by atoms with Gasteiger partial charge in [-0.25, -0.2) is 0 Å².